The Balaban J connectivity index is 1.49. The van der Waals surface area contributed by atoms with Crippen molar-refractivity contribution in [2.24, 2.45) is 0 Å². The van der Waals surface area contributed by atoms with Gasteiger partial charge in [0.1, 0.15) is 0 Å². The fraction of sp³-hybridized carbons (Fsp3) is 0.250. The molecule has 3 aromatic carbocycles. The van der Waals surface area contributed by atoms with Crippen LogP contribution in [-0.4, -0.2) is 30.8 Å². The molecule has 0 aliphatic rings. The first-order valence-electron chi connectivity index (χ1n) is 11.8. The molecule has 0 fully saturated rings. The van der Waals surface area contributed by atoms with Crippen LogP contribution in [-0.2, 0) is 4.79 Å². The maximum Gasteiger partial charge on any atom is 0.251 e. The summed E-state index contributed by atoms with van der Waals surface area (Å²) >= 11 is 0. The molecule has 0 heterocycles. The van der Waals surface area contributed by atoms with Gasteiger partial charge in [-0.05, 0) is 61.4 Å². The number of carbonyl (C=O) groups excluding carboxylic acids is 3. The van der Waals surface area contributed by atoms with Gasteiger partial charge in [-0.3, -0.25) is 14.4 Å². The van der Waals surface area contributed by atoms with Crippen LogP contribution in [0.15, 0.2) is 78.9 Å². The van der Waals surface area contributed by atoms with E-state index in [2.05, 4.69) is 28.2 Å². The normalized spacial score (nSPS) is 11.3. The van der Waals surface area contributed by atoms with Gasteiger partial charge in [0, 0.05) is 29.0 Å². The lowest BCUT2D eigenvalue weighted by atomic mass is 10.1. The molecule has 7 nitrogen and oxygen atoms in total. The molecule has 3 rings (SSSR count). The van der Waals surface area contributed by atoms with Gasteiger partial charge in [-0.25, -0.2) is 0 Å². The van der Waals surface area contributed by atoms with Crippen molar-refractivity contribution in [3.8, 4) is 0 Å². The van der Waals surface area contributed by atoms with Crippen LogP contribution in [0.25, 0.3) is 0 Å². The lowest BCUT2D eigenvalue weighted by Gasteiger charge is -2.15. The molecule has 1 atom stereocenters. The number of nitrogens with one attached hydrogen (secondary N) is 4. The third kappa shape index (κ3) is 7.99. The molecule has 0 aliphatic heterocycles. The maximum absolute atomic E-state index is 12.7. The molecule has 3 aromatic rings. The van der Waals surface area contributed by atoms with Gasteiger partial charge in [0.05, 0.1) is 12.6 Å². The van der Waals surface area contributed by atoms with E-state index in [1.165, 1.54) is 0 Å². The van der Waals surface area contributed by atoms with Gasteiger partial charge in [0.2, 0.25) is 5.91 Å². The molecule has 7 heteroatoms. The molecular weight excluding hydrogens is 440 g/mol. The molecule has 1 unspecified atom stereocenters. The molecule has 0 saturated carbocycles. The average molecular weight is 473 g/mol. The zero-order chi connectivity index (χ0) is 25.0. The number of hydrogen-bond donors (Lipinski definition) is 4. The Hall–Kier alpha value is -4.13. The van der Waals surface area contributed by atoms with E-state index in [1.54, 1.807) is 48.5 Å². The highest BCUT2D eigenvalue weighted by Gasteiger charge is 2.12. The van der Waals surface area contributed by atoms with E-state index in [1.807, 2.05) is 37.3 Å². The quantitative estimate of drug-likeness (QED) is 0.303. The van der Waals surface area contributed by atoms with Gasteiger partial charge in [-0.15, -0.1) is 0 Å². The largest absolute Gasteiger partial charge is 0.376 e. The number of carbonyl (C=O) groups is 3. The molecule has 0 radical (unpaired) electrons. The van der Waals surface area contributed by atoms with Gasteiger partial charge >= 0.3 is 0 Å². The van der Waals surface area contributed by atoms with E-state index in [4.69, 9.17) is 0 Å². The number of benzene rings is 3. The van der Waals surface area contributed by atoms with E-state index < -0.39 is 0 Å². The van der Waals surface area contributed by atoms with Crippen molar-refractivity contribution in [2.75, 3.05) is 23.7 Å². The minimum absolute atomic E-state index is 0.0451. The molecule has 3 amide bonds. The monoisotopic (exact) mass is 472 g/mol. The van der Waals surface area contributed by atoms with Gasteiger partial charge in [-0.1, -0.05) is 49.7 Å². The van der Waals surface area contributed by atoms with Gasteiger partial charge in [0.25, 0.3) is 11.8 Å². The van der Waals surface area contributed by atoms with Gasteiger partial charge in [-0.2, -0.15) is 0 Å². The summed E-state index contributed by atoms with van der Waals surface area (Å²) in [6, 6.07) is 23.4. The lowest BCUT2D eigenvalue weighted by Crippen LogP contribution is -2.27. The SMILES string of the molecule is CCCCNC(=O)c1ccc(NCC(=O)Nc2cccc(C(=O)NC(C)c3ccccc3)c2)cc1. The van der Waals surface area contributed by atoms with Crippen LogP contribution in [0.5, 0.6) is 0 Å². The summed E-state index contributed by atoms with van der Waals surface area (Å²) in [6.07, 6.45) is 1.97. The summed E-state index contributed by atoms with van der Waals surface area (Å²) in [5.74, 6) is -0.569. The number of rotatable bonds is 11. The van der Waals surface area contributed by atoms with Crippen molar-refractivity contribution >= 4 is 29.1 Å². The molecule has 0 spiro atoms. The Labute approximate surface area is 206 Å². The Kier molecular flexibility index (Phi) is 9.42. The summed E-state index contributed by atoms with van der Waals surface area (Å²) in [5.41, 5.74) is 3.32. The van der Waals surface area contributed by atoms with Crippen molar-refractivity contribution in [3.63, 3.8) is 0 Å². The van der Waals surface area contributed by atoms with Crippen LogP contribution in [0.1, 0.15) is 59.0 Å². The van der Waals surface area contributed by atoms with E-state index in [9.17, 15) is 14.4 Å². The highest BCUT2D eigenvalue weighted by atomic mass is 16.2. The van der Waals surface area contributed by atoms with Gasteiger partial charge in [0.15, 0.2) is 0 Å². The molecule has 0 aromatic heterocycles. The first kappa shape index (κ1) is 25.5. The Morgan fingerprint density at radius 3 is 2.26 bits per heavy atom. The fourth-order valence-corrected chi connectivity index (χ4v) is 3.45. The minimum Gasteiger partial charge on any atom is -0.376 e. The predicted octanol–water partition coefficient (Wildman–Crippen LogP) is 4.76. The lowest BCUT2D eigenvalue weighted by molar-refractivity contribution is -0.114. The Bertz CT molecular complexity index is 1130. The second-order valence-corrected chi connectivity index (χ2v) is 8.28. The second kappa shape index (κ2) is 12.9. The van der Waals surface area contributed by atoms with Crippen molar-refractivity contribution in [1.82, 2.24) is 10.6 Å². The van der Waals surface area contributed by atoms with Crippen LogP contribution < -0.4 is 21.3 Å². The van der Waals surface area contributed by atoms with Crippen molar-refractivity contribution in [3.05, 3.63) is 95.6 Å². The molecule has 0 saturated heterocycles. The van der Waals surface area contributed by atoms with Crippen LogP contribution >= 0.6 is 0 Å². The minimum atomic E-state index is -0.249. The van der Waals surface area contributed by atoms with E-state index in [0.717, 1.165) is 24.1 Å². The topological polar surface area (TPSA) is 99.3 Å². The van der Waals surface area contributed by atoms with Crippen LogP contribution in [0, 0.1) is 0 Å². The van der Waals surface area contributed by atoms with Crippen molar-refractivity contribution < 1.29 is 14.4 Å². The zero-order valence-corrected chi connectivity index (χ0v) is 20.1. The number of anilines is 2. The van der Waals surface area contributed by atoms with Crippen molar-refractivity contribution in [2.45, 2.75) is 32.7 Å². The van der Waals surface area contributed by atoms with Gasteiger partial charge < -0.3 is 21.3 Å². The molecule has 182 valence electrons. The predicted molar refractivity (Wildman–Crippen MR) is 140 cm³/mol. The first-order valence-corrected chi connectivity index (χ1v) is 11.8. The highest BCUT2D eigenvalue weighted by Crippen LogP contribution is 2.15. The summed E-state index contributed by atoms with van der Waals surface area (Å²) < 4.78 is 0. The smallest absolute Gasteiger partial charge is 0.251 e. The maximum atomic E-state index is 12.7. The Morgan fingerprint density at radius 2 is 1.54 bits per heavy atom. The first-order chi connectivity index (χ1) is 17.0. The number of unbranched alkanes of at least 4 members (excludes halogenated alkanes) is 1. The van der Waals surface area contributed by atoms with Crippen LogP contribution in [0.4, 0.5) is 11.4 Å². The molecular formula is C28H32N4O3. The van der Waals surface area contributed by atoms with E-state index in [0.29, 0.717) is 23.4 Å². The number of hydrogen-bond acceptors (Lipinski definition) is 4. The Morgan fingerprint density at radius 1 is 0.800 bits per heavy atom. The standard InChI is InChI=1S/C28H32N4O3/c1-3-4-17-29-27(34)22-13-15-24(16-14-22)30-19-26(33)32-25-12-8-11-23(18-25)28(35)31-20(2)21-9-6-5-7-10-21/h5-16,18,20,30H,3-4,17,19H2,1-2H3,(H,29,34)(H,31,35)(H,32,33). The fourth-order valence-electron chi connectivity index (χ4n) is 3.45. The van der Waals surface area contributed by atoms with E-state index in [-0.39, 0.29) is 30.3 Å². The summed E-state index contributed by atoms with van der Waals surface area (Å²) in [6.45, 7) is 4.70. The zero-order valence-electron chi connectivity index (χ0n) is 20.1. The molecule has 0 aliphatic carbocycles. The number of amides is 3. The second-order valence-electron chi connectivity index (χ2n) is 8.28. The molecule has 4 N–H and O–H groups in total. The third-order valence-corrected chi connectivity index (χ3v) is 5.47. The average Bonchev–Trinajstić information content (AvgIpc) is 2.88. The summed E-state index contributed by atoms with van der Waals surface area (Å²) in [7, 11) is 0. The molecule has 0 bridgehead atoms. The molecule has 35 heavy (non-hydrogen) atoms. The third-order valence-electron chi connectivity index (χ3n) is 5.47. The van der Waals surface area contributed by atoms with Crippen molar-refractivity contribution in [1.29, 1.82) is 0 Å². The summed E-state index contributed by atoms with van der Waals surface area (Å²) in [4.78, 5) is 37.2. The van der Waals surface area contributed by atoms with Crippen LogP contribution in [0.3, 0.4) is 0 Å². The van der Waals surface area contributed by atoms with E-state index >= 15 is 0 Å². The van der Waals surface area contributed by atoms with Crippen LogP contribution in [0.2, 0.25) is 0 Å². The summed E-state index contributed by atoms with van der Waals surface area (Å²) in [5, 5.41) is 11.7. The highest BCUT2D eigenvalue weighted by molar-refractivity contribution is 5.98.